The number of ether oxygens (including phenoxy) is 1. The molecule has 2 rings (SSSR count). The van der Waals surface area contributed by atoms with Crippen LogP contribution >= 0.6 is 0 Å². The van der Waals surface area contributed by atoms with Crippen LogP contribution in [-0.2, 0) is 0 Å². The Morgan fingerprint density at radius 2 is 1.87 bits per heavy atom. The van der Waals surface area contributed by atoms with Gasteiger partial charge in [-0.15, -0.1) is 0 Å². The minimum Gasteiger partial charge on any atom is -0.497 e. The third kappa shape index (κ3) is 1.43. The van der Waals surface area contributed by atoms with E-state index in [9.17, 15) is 0 Å². The maximum absolute atomic E-state index is 8.89. The summed E-state index contributed by atoms with van der Waals surface area (Å²) in [5, 5.41) is 17.8. The number of rotatable bonds is 2. The molecule has 3 nitrogen and oxygen atoms in total. The van der Waals surface area contributed by atoms with Gasteiger partial charge in [-0.1, -0.05) is 12.1 Å². The summed E-state index contributed by atoms with van der Waals surface area (Å²) in [5.74, 6) is 0.859. The Morgan fingerprint density at radius 1 is 1.27 bits per heavy atom. The van der Waals surface area contributed by atoms with E-state index in [-0.39, 0.29) is 5.92 Å². The summed E-state index contributed by atoms with van der Waals surface area (Å²) < 4.78 is 5.04. The van der Waals surface area contributed by atoms with Crippen LogP contribution in [0.2, 0.25) is 0 Å². The fourth-order valence-electron chi connectivity index (χ4n) is 1.77. The van der Waals surface area contributed by atoms with E-state index in [0.29, 0.717) is 6.42 Å². The van der Waals surface area contributed by atoms with Gasteiger partial charge in [0.05, 0.1) is 19.2 Å². The van der Waals surface area contributed by atoms with E-state index in [4.69, 9.17) is 15.3 Å². The summed E-state index contributed by atoms with van der Waals surface area (Å²) >= 11 is 0. The molecule has 0 bridgehead atoms. The van der Waals surface area contributed by atoms with Crippen LogP contribution in [0.4, 0.5) is 0 Å². The Kier molecular flexibility index (Phi) is 2.10. The predicted molar refractivity (Wildman–Crippen MR) is 54.0 cm³/mol. The van der Waals surface area contributed by atoms with Gasteiger partial charge in [0.1, 0.15) is 5.75 Å². The molecule has 0 heterocycles. The van der Waals surface area contributed by atoms with Crippen molar-refractivity contribution in [3.63, 3.8) is 0 Å². The van der Waals surface area contributed by atoms with E-state index in [1.54, 1.807) is 7.11 Å². The van der Waals surface area contributed by atoms with Gasteiger partial charge < -0.3 is 4.74 Å². The van der Waals surface area contributed by atoms with E-state index < -0.39 is 5.41 Å². The molecule has 1 aromatic carbocycles. The molecule has 0 N–H and O–H groups in total. The number of hydrogen-bond donors (Lipinski definition) is 0. The number of benzene rings is 1. The lowest BCUT2D eigenvalue weighted by Crippen LogP contribution is -1.95. The third-order valence-electron chi connectivity index (χ3n) is 2.88. The van der Waals surface area contributed by atoms with Gasteiger partial charge in [-0.25, -0.2) is 0 Å². The SMILES string of the molecule is COc1ccc(C2CC2(C#N)C#N)cc1. The van der Waals surface area contributed by atoms with Gasteiger partial charge in [0.15, 0.2) is 5.41 Å². The van der Waals surface area contributed by atoms with Gasteiger partial charge in [0.2, 0.25) is 0 Å². The normalized spacial score (nSPS) is 21.1. The third-order valence-corrected chi connectivity index (χ3v) is 2.88. The minimum absolute atomic E-state index is 0.0680. The first-order valence-corrected chi connectivity index (χ1v) is 4.72. The summed E-state index contributed by atoms with van der Waals surface area (Å²) in [7, 11) is 1.61. The van der Waals surface area contributed by atoms with Crippen molar-refractivity contribution in [3.05, 3.63) is 29.8 Å². The molecular weight excluding hydrogens is 188 g/mol. The molecule has 0 saturated heterocycles. The molecule has 0 amide bonds. The van der Waals surface area contributed by atoms with Crippen LogP contribution in [0.25, 0.3) is 0 Å². The molecule has 0 spiro atoms. The van der Waals surface area contributed by atoms with Crippen molar-refractivity contribution in [3.8, 4) is 17.9 Å². The standard InChI is InChI=1S/C12H10N2O/c1-15-10-4-2-9(3-5-10)11-6-12(11,7-13)8-14/h2-5,11H,6H2,1H3. The van der Waals surface area contributed by atoms with Crippen LogP contribution in [-0.4, -0.2) is 7.11 Å². The molecule has 3 heteroatoms. The average Bonchev–Trinajstić information content (AvgIpc) is 3.05. The van der Waals surface area contributed by atoms with Gasteiger partial charge in [0.25, 0.3) is 0 Å². The van der Waals surface area contributed by atoms with Crippen LogP contribution in [0, 0.1) is 28.1 Å². The molecule has 1 fully saturated rings. The summed E-state index contributed by atoms with van der Waals surface area (Å²) in [6, 6.07) is 11.7. The molecule has 15 heavy (non-hydrogen) atoms. The molecule has 1 unspecified atom stereocenters. The molecule has 1 aliphatic carbocycles. The summed E-state index contributed by atoms with van der Waals surface area (Å²) in [6.45, 7) is 0. The Balaban J connectivity index is 2.21. The lowest BCUT2D eigenvalue weighted by atomic mass is 10.0. The Morgan fingerprint density at radius 3 is 2.27 bits per heavy atom. The van der Waals surface area contributed by atoms with Crippen molar-refractivity contribution in [1.29, 1.82) is 10.5 Å². The molecule has 0 aliphatic heterocycles. The highest BCUT2D eigenvalue weighted by molar-refractivity contribution is 5.42. The van der Waals surface area contributed by atoms with Gasteiger partial charge in [-0.2, -0.15) is 10.5 Å². The van der Waals surface area contributed by atoms with E-state index >= 15 is 0 Å². The van der Waals surface area contributed by atoms with Crippen molar-refractivity contribution in [1.82, 2.24) is 0 Å². The van der Waals surface area contributed by atoms with Gasteiger partial charge in [-0.3, -0.25) is 0 Å². The van der Waals surface area contributed by atoms with E-state index in [2.05, 4.69) is 12.1 Å². The average molecular weight is 198 g/mol. The zero-order chi connectivity index (χ0) is 10.9. The Bertz CT molecular complexity index is 436. The summed E-state index contributed by atoms with van der Waals surface area (Å²) in [4.78, 5) is 0. The first kappa shape index (κ1) is 9.55. The highest BCUT2D eigenvalue weighted by Gasteiger charge is 2.56. The Hall–Kier alpha value is -2.00. The fourth-order valence-corrected chi connectivity index (χ4v) is 1.77. The highest BCUT2D eigenvalue weighted by Crippen LogP contribution is 2.58. The van der Waals surface area contributed by atoms with E-state index in [0.717, 1.165) is 11.3 Å². The minimum atomic E-state index is -0.783. The van der Waals surface area contributed by atoms with Gasteiger partial charge in [-0.05, 0) is 24.1 Å². The molecule has 1 saturated carbocycles. The molecule has 0 radical (unpaired) electrons. The summed E-state index contributed by atoms with van der Waals surface area (Å²) in [5.41, 5.74) is 0.258. The van der Waals surface area contributed by atoms with Crippen LogP contribution < -0.4 is 4.74 Å². The molecule has 0 aromatic heterocycles. The lowest BCUT2D eigenvalue weighted by molar-refractivity contribution is 0.414. The number of hydrogen-bond acceptors (Lipinski definition) is 3. The Labute approximate surface area is 88.5 Å². The largest absolute Gasteiger partial charge is 0.497 e. The predicted octanol–water partition coefficient (Wildman–Crippen LogP) is 2.22. The van der Waals surface area contributed by atoms with Crippen molar-refractivity contribution in [2.75, 3.05) is 7.11 Å². The number of nitriles is 2. The molecule has 1 aliphatic rings. The lowest BCUT2D eigenvalue weighted by Gasteiger charge is -2.02. The topological polar surface area (TPSA) is 56.8 Å². The van der Waals surface area contributed by atoms with Crippen LogP contribution in [0.15, 0.2) is 24.3 Å². The van der Waals surface area contributed by atoms with Crippen molar-refractivity contribution in [2.24, 2.45) is 5.41 Å². The van der Waals surface area contributed by atoms with Crippen molar-refractivity contribution >= 4 is 0 Å². The second-order valence-electron chi connectivity index (χ2n) is 3.72. The first-order valence-electron chi connectivity index (χ1n) is 4.72. The van der Waals surface area contributed by atoms with Crippen molar-refractivity contribution in [2.45, 2.75) is 12.3 Å². The zero-order valence-electron chi connectivity index (χ0n) is 8.40. The molecular formula is C12H10N2O. The monoisotopic (exact) mass is 198 g/mol. The molecule has 74 valence electrons. The van der Waals surface area contributed by atoms with Crippen molar-refractivity contribution < 1.29 is 4.74 Å². The van der Waals surface area contributed by atoms with E-state index in [1.807, 2.05) is 24.3 Å². The second kappa shape index (κ2) is 3.29. The van der Waals surface area contributed by atoms with Crippen LogP contribution in [0.3, 0.4) is 0 Å². The first-order chi connectivity index (χ1) is 7.25. The smallest absolute Gasteiger partial charge is 0.151 e. The van der Waals surface area contributed by atoms with Crippen LogP contribution in [0.1, 0.15) is 17.9 Å². The van der Waals surface area contributed by atoms with Gasteiger partial charge >= 0.3 is 0 Å². The maximum atomic E-state index is 8.89. The second-order valence-corrected chi connectivity index (χ2v) is 3.72. The summed E-state index contributed by atoms with van der Waals surface area (Å²) in [6.07, 6.45) is 0.645. The highest BCUT2D eigenvalue weighted by atomic mass is 16.5. The van der Waals surface area contributed by atoms with Crippen LogP contribution in [0.5, 0.6) is 5.75 Å². The molecule has 1 aromatic rings. The zero-order valence-corrected chi connectivity index (χ0v) is 8.40. The number of methoxy groups -OCH3 is 1. The fraction of sp³-hybridized carbons (Fsp3) is 0.333. The van der Waals surface area contributed by atoms with Gasteiger partial charge in [0, 0.05) is 5.92 Å². The maximum Gasteiger partial charge on any atom is 0.151 e. The molecule has 1 atom stereocenters. The van der Waals surface area contributed by atoms with E-state index in [1.165, 1.54) is 0 Å². The quantitative estimate of drug-likeness (QED) is 0.732. The number of nitrogens with zero attached hydrogens (tertiary/aromatic N) is 2.